The molecule has 3 heteroatoms. The number of ether oxygens (including phenoxy) is 1. The van der Waals surface area contributed by atoms with Gasteiger partial charge in [0.05, 0.1) is 0 Å². The van der Waals surface area contributed by atoms with Gasteiger partial charge in [0.25, 0.3) is 0 Å². The van der Waals surface area contributed by atoms with Crippen molar-refractivity contribution in [3.05, 3.63) is 115 Å². The van der Waals surface area contributed by atoms with Crippen LogP contribution in [-0.4, -0.2) is 0 Å². The van der Waals surface area contributed by atoms with Crippen molar-refractivity contribution < 1.29 is 9.30 Å². The van der Waals surface area contributed by atoms with Crippen LogP contribution >= 0.6 is 7.14 Å². The first-order chi connectivity index (χ1) is 18.1. The first-order valence-corrected chi connectivity index (χ1v) is 15.4. The van der Waals surface area contributed by atoms with Gasteiger partial charge in [-0.2, -0.15) is 0 Å². The predicted molar refractivity (Wildman–Crippen MR) is 152 cm³/mol. The average Bonchev–Trinajstić information content (AvgIpc) is 2.94. The summed E-state index contributed by atoms with van der Waals surface area (Å²) in [5, 5.41) is 2.50. The molecule has 2 nitrogen and oxygen atoms in total. The molecule has 0 aliphatic heterocycles. The van der Waals surface area contributed by atoms with Gasteiger partial charge in [0.2, 0.25) is 0 Å². The van der Waals surface area contributed by atoms with Gasteiger partial charge < -0.3 is 9.30 Å². The summed E-state index contributed by atoms with van der Waals surface area (Å²) in [5.41, 5.74) is 1.92. The van der Waals surface area contributed by atoms with Gasteiger partial charge in [-0.25, -0.2) is 0 Å². The molecule has 0 unspecified atom stereocenters. The van der Waals surface area contributed by atoms with Gasteiger partial charge in [-0.1, -0.05) is 72.8 Å². The Hall–Kier alpha value is -3.09. The molecule has 0 aromatic heterocycles. The standard InChI is InChI=1S/C34H33O2P/c35-37(31-7-3-1-4-8-31,32-9-5-2-6-10-32)33-17-15-30(16-18-33)36-29-13-11-28(12-14-29)34-22-25-19-26(23-34)21-27(20-25)24-34/h1-18,25-27H,19-24H2. The Kier molecular flexibility index (Phi) is 5.63. The van der Waals surface area contributed by atoms with E-state index >= 15 is 0 Å². The van der Waals surface area contributed by atoms with Crippen molar-refractivity contribution in [2.75, 3.05) is 0 Å². The Morgan fingerprint density at radius 2 is 0.946 bits per heavy atom. The monoisotopic (exact) mass is 504 g/mol. The zero-order valence-electron chi connectivity index (χ0n) is 21.1. The van der Waals surface area contributed by atoms with Crippen LogP contribution in [0.15, 0.2) is 109 Å². The van der Waals surface area contributed by atoms with Crippen LogP contribution in [0.4, 0.5) is 0 Å². The lowest BCUT2D eigenvalue weighted by molar-refractivity contribution is -0.00519. The van der Waals surface area contributed by atoms with E-state index in [0.29, 0.717) is 5.41 Å². The van der Waals surface area contributed by atoms with Crippen molar-refractivity contribution in [3.63, 3.8) is 0 Å². The van der Waals surface area contributed by atoms with E-state index in [4.69, 9.17) is 4.74 Å². The summed E-state index contributed by atoms with van der Waals surface area (Å²) in [4.78, 5) is 0. The van der Waals surface area contributed by atoms with E-state index in [2.05, 4.69) is 24.3 Å². The van der Waals surface area contributed by atoms with Crippen molar-refractivity contribution in [2.24, 2.45) is 17.8 Å². The minimum atomic E-state index is -2.97. The molecule has 0 amide bonds. The van der Waals surface area contributed by atoms with Gasteiger partial charge in [0.1, 0.15) is 11.5 Å². The minimum absolute atomic E-state index is 0.408. The number of hydrogen-bond donors (Lipinski definition) is 0. The fourth-order valence-electron chi connectivity index (χ4n) is 7.92. The van der Waals surface area contributed by atoms with Gasteiger partial charge >= 0.3 is 0 Å². The Balaban J connectivity index is 1.13. The number of benzene rings is 4. The van der Waals surface area contributed by atoms with Gasteiger partial charge in [0.15, 0.2) is 7.14 Å². The van der Waals surface area contributed by atoms with Crippen molar-refractivity contribution in [3.8, 4) is 11.5 Å². The topological polar surface area (TPSA) is 26.3 Å². The number of rotatable bonds is 6. The summed E-state index contributed by atoms with van der Waals surface area (Å²) < 4.78 is 20.8. The molecule has 4 fully saturated rings. The molecule has 0 spiro atoms. The molecule has 4 bridgehead atoms. The zero-order valence-corrected chi connectivity index (χ0v) is 22.0. The third kappa shape index (κ3) is 4.07. The predicted octanol–water partition coefficient (Wildman–Crippen LogP) is 7.59. The van der Waals surface area contributed by atoms with Crippen molar-refractivity contribution >= 4 is 23.1 Å². The SMILES string of the molecule is O=P(c1ccccc1)(c1ccccc1)c1ccc(Oc2ccc(C34CC5CC(CC(C5)C3)C4)cc2)cc1. The zero-order chi connectivity index (χ0) is 24.9. The largest absolute Gasteiger partial charge is 0.457 e. The van der Waals surface area contributed by atoms with Crippen LogP contribution in [0.5, 0.6) is 11.5 Å². The molecule has 8 rings (SSSR count). The summed E-state index contributed by atoms with van der Waals surface area (Å²) in [6.45, 7) is 0. The molecule has 0 heterocycles. The molecule has 186 valence electrons. The van der Waals surface area contributed by atoms with E-state index in [0.717, 1.165) is 45.2 Å². The van der Waals surface area contributed by atoms with Crippen molar-refractivity contribution in [2.45, 2.75) is 43.9 Å². The molecule has 0 radical (unpaired) electrons. The lowest BCUT2D eigenvalue weighted by Gasteiger charge is -2.57. The highest BCUT2D eigenvalue weighted by atomic mass is 31.2. The Morgan fingerprint density at radius 3 is 1.41 bits per heavy atom. The number of hydrogen-bond acceptors (Lipinski definition) is 2. The first kappa shape index (κ1) is 23.1. The van der Waals surface area contributed by atoms with Crippen LogP contribution in [0.2, 0.25) is 0 Å². The fourth-order valence-corrected chi connectivity index (χ4v) is 10.6. The van der Waals surface area contributed by atoms with Crippen LogP contribution in [0.25, 0.3) is 0 Å². The molecular weight excluding hydrogens is 471 g/mol. The Morgan fingerprint density at radius 1 is 0.541 bits per heavy atom. The minimum Gasteiger partial charge on any atom is -0.457 e. The molecule has 0 N–H and O–H groups in total. The Labute approximate surface area is 220 Å². The molecule has 4 aromatic rings. The second-order valence-electron chi connectivity index (χ2n) is 11.6. The molecule has 4 aromatic carbocycles. The summed E-state index contributed by atoms with van der Waals surface area (Å²) >= 11 is 0. The van der Waals surface area contributed by atoms with Crippen LogP contribution in [0, 0.1) is 17.8 Å². The summed E-state index contributed by atoms with van der Waals surface area (Å²) in [7, 11) is -2.97. The third-order valence-corrected chi connectivity index (χ3v) is 12.3. The van der Waals surface area contributed by atoms with Gasteiger partial charge in [0, 0.05) is 15.9 Å². The van der Waals surface area contributed by atoms with Crippen LogP contribution in [0.3, 0.4) is 0 Å². The maximum atomic E-state index is 14.5. The van der Waals surface area contributed by atoms with Crippen LogP contribution < -0.4 is 20.7 Å². The quantitative estimate of drug-likeness (QED) is 0.253. The second kappa shape index (κ2) is 9.03. The highest BCUT2D eigenvalue weighted by Gasteiger charge is 2.51. The summed E-state index contributed by atoms with van der Waals surface area (Å²) in [5.74, 6) is 4.46. The van der Waals surface area contributed by atoms with Crippen LogP contribution in [0.1, 0.15) is 44.1 Å². The van der Waals surface area contributed by atoms with E-state index in [1.165, 1.54) is 44.1 Å². The maximum absolute atomic E-state index is 14.5. The van der Waals surface area contributed by atoms with Crippen molar-refractivity contribution in [1.29, 1.82) is 0 Å². The molecule has 4 aliphatic carbocycles. The summed E-state index contributed by atoms with van der Waals surface area (Å²) in [6, 6.07) is 36.3. The Bertz CT molecular complexity index is 1350. The molecule has 0 atom stereocenters. The van der Waals surface area contributed by atoms with E-state index in [1.807, 2.05) is 84.9 Å². The molecule has 0 saturated heterocycles. The molecular formula is C34H33O2P. The average molecular weight is 505 g/mol. The fraction of sp³-hybridized carbons (Fsp3) is 0.294. The summed E-state index contributed by atoms with van der Waals surface area (Å²) in [6.07, 6.45) is 8.55. The smallest absolute Gasteiger partial charge is 0.171 e. The highest BCUT2D eigenvalue weighted by molar-refractivity contribution is 7.85. The van der Waals surface area contributed by atoms with E-state index in [9.17, 15) is 4.57 Å². The van der Waals surface area contributed by atoms with Crippen molar-refractivity contribution in [1.82, 2.24) is 0 Å². The molecule has 37 heavy (non-hydrogen) atoms. The molecule has 4 aliphatic rings. The van der Waals surface area contributed by atoms with Gasteiger partial charge in [-0.3, -0.25) is 0 Å². The molecule has 4 saturated carbocycles. The highest BCUT2D eigenvalue weighted by Crippen LogP contribution is 2.60. The van der Waals surface area contributed by atoms with Gasteiger partial charge in [-0.15, -0.1) is 0 Å². The van der Waals surface area contributed by atoms with E-state index < -0.39 is 7.14 Å². The first-order valence-electron chi connectivity index (χ1n) is 13.7. The van der Waals surface area contributed by atoms with Crippen LogP contribution in [-0.2, 0) is 9.98 Å². The maximum Gasteiger partial charge on any atom is 0.171 e. The third-order valence-electron chi connectivity index (χ3n) is 9.18. The van der Waals surface area contributed by atoms with Gasteiger partial charge in [-0.05, 0) is 104 Å². The normalized spacial score (nSPS) is 26.2. The lowest BCUT2D eigenvalue weighted by atomic mass is 9.48. The van der Waals surface area contributed by atoms with E-state index in [1.54, 1.807) is 0 Å². The van der Waals surface area contributed by atoms with E-state index in [-0.39, 0.29) is 0 Å². The second-order valence-corrected chi connectivity index (χ2v) is 14.4. The lowest BCUT2D eigenvalue weighted by Crippen LogP contribution is -2.48.